The van der Waals surface area contributed by atoms with Crippen molar-refractivity contribution in [1.82, 2.24) is 4.57 Å². The number of allylic oxidation sites excluding steroid dienone is 1. The van der Waals surface area contributed by atoms with Crippen LogP contribution in [0.5, 0.6) is 11.5 Å². The molecular formula is C28H27N3O5S. The van der Waals surface area contributed by atoms with Crippen LogP contribution in [0, 0.1) is 0 Å². The fourth-order valence-electron chi connectivity index (χ4n) is 5.10. The Balaban J connectivity index is 1.45. The van der Waals surface area contributed by atoms with Gasteiger partial charge in [0.1, 0.15) is 0 Å². The average molecular weight is 518 g/mol. The second-order valence-electron chi connectivity index (χ2n) is 9.20. The summed E-state index contributed by atoms with van der Waals surface area (Å²) in [6.07, 6.45) is 4.33. The summed E-state index contributed by atoms with van der Waals surface area (Å²) >= 11 is 1.32. The van der Waals surface area contributed by atoms with E-state index >= 15 is 0 Å². The Morgan fingerprint density at radius 3 is 2.65 bits per heavy atom. The van der Waals surface area contributed by atoms with E-state index < -0.39 is 12.0 Å². The average Bonchev–Trinajstić information content (AvgIpc) is 3.65. The normalized spacial score (nSPS) is 18.7. The van der Waals surface area contributed by atoms with Crippen LogP contribution in [0.15, 0.2) is 63.5 Å². The molecule has 0 amide bonds. The van der Waals surface area contributed by atoms with Crippen LogP contribution in [0.1, 0.15) is 43.9 Å². The van der Waals surface area contributed by atoms with E-state index in [4.69, 9.17) is 14.2 Å². The number of carbonyl (C=O) groups excluding carboxylic acids is 1. The van der Waals surface area contributed by atoms with Crippen LogP contribution in [0.4, 0.5) is 5.69 Å². The maximum atomic E-state index is 13.8. The Morgan fingerprint density at radius 2 is 1.89 bits per heavy atom. The van der Waals surface area contributed by atoms with Crippen LogP contribution in [-0.2, 0) is 9.53 Å². The van der Waals surface area contributed by atoms with Gasteiger partial charge in [-0.15, -0.1) is 0 Å². The third-order valence-electron chi connectivity index (χ3n) is 6.89. The Morgan fingerprint density at radius 1 is 1.14 bits per heavy atom. The van der Waals surface area contributed by atoms with E-state index in [1.165, 1.54) is 29.9 Å². The summed E-state index contributed by atoms with van der Waals surface area (Å²) < 4.78 is 18.5. The molecule has 190 valence electrons. The first kappa shape index (κ1) is 23.5. The molecule has 3 aliphatic heterocycles. The van der Waals surface area contributed by atoms with Crippen molar-refractivity contribution in [1.29, 1.82) is 0 Å². The third-order valence-corrected chi connectivity index (χ3v) is 7.87. The molecule has 0 aliphatic carbocycles. The van der Waals surface area contributed by atoms with Crippen LogP contribution in [-0.4, -0.2) is 37.0 Å². The smallest absolute Gasteiger partial charge is 0.338 e. The highest BCUT2D eigenvalue weighted by atomic mass is 32.1. The van der Waals surface area contributed by atoms with Gasteiger partial charge in [0.25, 0.3) is 5.56 Å². The molecule has 1 aromatic heterocycles. The third kappa shape index (κ3) is 4.23. The molecule has 0 radical (unpaired) electrons. The summed E-state index contributed by atoms with van der Waals surface area (Å²) in [5.41, 5.74) is 3.54. The van der Waals surface area contributed by atoms with Gasteiger partial charge in [-0.25, -0.2) is 9.79 Å². The molecular weight excluding hydrogens is 490 g/mol. The molecule has 1 atom stereocenters. The standard InChI is InChI=1S/C28H27N3O5S/c1-3-34-27(33)24-17(2)29-28-31(25(24)19-8-11-21-22(15-19)36-16-35-21)26(32)23(37-28)14-18-6-9-20(10-7-18)30-12-4-5-13-30/h6-11,14-15,25H,3-5,12-13,16H2,1-2H3/b23-14+/t25-/m0/s1. The quantitative estimate of drug-likeness (QED) is 0.484. The number of thiazole rings is 1. The predicted octanol–water partition coefficient (Wildman–Crippen LogP) is 3.13. The number of fused-ring (bicyclic) bond motifs is 2. The fraction of sp³-hybridized carbons (Fsp3) is 0.321. The molecule has 1 saturated heterocycles. The maximum Gasteiger partial charge on any atom is 0.338 e. The van der Waals surface area contributed by atoms with Crippen molar-refractivity contribution in [2.24, 2.45) is 4.99 Å². The van der Waals surface area contributed by atoms with Gasteiger partial charge >= 0.3 is 5.97 Å². The maximum absolute atomic E-state index is 13.8. The van der Waals surface area contributed by atoms with E-state index in [0.717, 1.165) is 24.2 Å². The lowest BCUT2D eigenvalue weighted by atomic mass is 9.95. The first-order valence-electron chi connectivity index (χ1n) is 12.5. The number of hydrogen-bond donors (Lipinski definition) is 0. The molecule has 4 heterocycles. The number of anilines is 1. The van der Waals surface area contributed by atoms with Crippen LogP contribution < -0.4 is 29.3 Å². The van der Waals surface area contributed by atoms with Crippen molar-refractivity contribution in [2.45, 2.75) is 32.7 Å². The molecule has 0 saturated carbocycles. The largest absolute Gasteiger partial charge is 0.463 e. The van der Waals surface area contributed by atoms with Gasteiger partial charge in [-0.05, 0) is 68.2 Å². The zero-order chi connectivity index (χ0) is 25.5. The number of benzene rings is 2. The minimum atomic E-state index is -0.690. The van der Waals surface area contributed by atoms with Gasteiger partial charge in [-0.2, -0.15) is 0 Å². The van der Waals surface area contributed by atoms with Gasteiger partial charge in [0.05, 0.1) is 28.5 Å². The van der Waals surface area contributed by atoms with Crippen molar-refractivity contribution in [3.63, 3.8) is 0 Å². The lowest BCUT2D eigenvalue weighted by Gasteiger charge is -2.24. The zero-order valence-electron chi connectivity index (χ0n) is 20.7. The predicted molar refractivity (Wildman–Crippen MR) is 141 cm³/mol. The Kier molecular flexibility index (Phi) is 6.08. The molecule has 0 spiro atoms. The number of esters is 1. The minimum Gasteiger partial charge on any atom is -0.463 e. The van der Waals surface area contributed by atoms with Crippen molar-refractivity contribution in [3.05, 3.63) is 84.5 Å². The monoisotopic (exact) mass is 517 g/mol. The van der Waals surface area contributed by atoms with Gasteiger partial charge in [0, 0.05) is 18.8 Å². The summed E-state index contributed by atoms with van der Waals surface area (Å²) in [6.45, 7) is 6.06. The minimum absolute atomic E-state index is 0.137. The summed E-state index contributed by atoms with van der Waals surface area (Å²) in [5, 5.41) is 0. The number of rotatable bonds is 5. The van der Waals surface area contributed by atoms with E-state index in [-0.39, 0.29) is 19.0 Å². The van der Waals surface area contributed by atoms with Crippen molar-refractivity contribution in [3.8, 4) is 11.5 Å². The molecule has 6 rings (SSSR count). The number of aromatic nitrogens is 1. The molecule has 3 aromatic rings. The number of hydrogen-bond acceptors (Lipinski definition) is 8. The van der Waals surface area contributed by atoms with Gasteiger partial charge in [-0.3, -0.25) is 9.36 Å². The molecule has 9 heteroatoms. The van der Waals surface area contributed by atoms with E-state index in [2.05, 4.69) is 22.0 Å². The first-order valence-corrected chi connectivity index (χ1v) is 13.3. The lowest BCUT2D eigenvalue weighted by Crippen LogP contribution is -2.39. The van der Waals surface area contributed by atoms with Gasteiger partial charge < -0.3 is 19.1 Å². The summed E-state index contributed by atoms with van der Waals surface area (Å²) in [7, 11) is 0. The molecule has 3 aliphatic rings. The van der Waals surface area contributed by atoms with E-state index in [0.29, 0.717) is 32.1 Å². The SMILES string of the molecule is CCOC(=O)C1=C(C)N=c2s/c(=C/c3ccc(N4CCCC4)cc3)c(=O)n2[C@H]1c1ccc2c(c1)OCO2. The van der Waals surface area contributed by atoms with E-state index in [1.807, 2.05) is 30.3 Å². The second-order valence-corrected chi connectivity index (χ2v) is 10.2. The highest BCUT2D eigenvalue weighted by Gasteiger charge is 2.34. The van der Waals surface area contributed by atoms with Crippen molar-refractivity contribution in [2.75, 3.05) is 31.4 Å². The molecule has 8 nitrogen and oxygen atoms in total. The number of nitrogens with zero attached hydrogens (tertiary/aromatic N) is 3. The fourth-order valence-corrected chi connectivity index (χ4v) is 6.14. The zero-order valence-corrected chi connectivity index (χ0v) is 21.5. The Bertz CT molecular complexity index is 1580. The Labute approximate surface area is 217 Å². The van der Waals surface area contributed by atoms with E-state index in [9.17, 15) is 9.59 Å². The topological polar surface area (TPSA) is 82.4 Å². The van der Waals surface area contributed by atoms with Gasteiger partial charge in [0.15, 0.2) is 16.3 Å². The van der Waals surface area contributed by atoms with Crippen LogP contribution in [0.3, 0.4) is 0 Å². The molecule has 1 fully saturated rings. The summed E-state index contributed by atoms with van der Waals surface area (Å²) in [4.78, 5) is 34.4. The van der Waals surface area contributed by atoms with Gasteiger partial charge in [0.2, 0.25) is 6.79 Å². The molecule has 0 bridgehead atoms. The van der Waals surface area contributed by atoms with Crippen LogP contribution >= 0.6 is 11.3 Å². The molecule has 2 aromatic carbocycles. The highest BCUT2D eigenvalue weighted by molar-refractivity contribution is 7.07. The number of carbonyl (C=O) groups is 1. The van der Waals surface area contributed by atoms with Crippen LogP contribution in [0.25, 0.3) is 6.08 Å². The first-order chi connectivity index (χ1) is 18.0. The van der Waals surface area contributed by atoms with Crippen molar-refractivity contribution >= 4 is 29.1 Å². The molecule has 0 unspecified atom stereocenters. The molecule has 0 N–H and O–H groups in total. The highest BCUT2D eigenvalue weighted by Crippen LogP contribution is 2.38. The van der Waals surface area contributed by atoms with E-state index in [1.54, 1.807) is 24.5 Å². The summed E-state index contributed by atoms with van der Waals surface area (Å²) in [5.74, 6) is 0.723. The lowest BCUT2D eigenvalue weighted by molar-refractivity contribution is -0.139. The Hall–Kier alpha value is -3.85. The van der Waals surface area contributed by atoms with Crippen molar-refractivity contribution < 1.29 is 19.0 Å². The second kappa shape index (κ2) is 9.55. The van der Waals surface area contributed by atoms with Gasteiger partial charge in [-0.1, -0.05) is 29.5 Å². The van der Waals surface area contributed by atoms with Crippen LogP contribution in [0.2, 0.25) is 0 Å². The molecule has 37 heavy (non-hydrogen) atoms. The number of ether oxygens (including phenoxy) is 3. The summed E-state index contributed by atoms with van der Waals surface area (Å²) in [6, 6.07) is 13.1.